The maximum absolute atomic E-state index is 13.2. The van der Waals surface area contributed by atoms with Gasteiger partial charge in [-0.1, -0.05) is 12.1 Å². The molecule has 0 amide bonds. The molecular weight excluding hydrogens is 217 g/mol. The Bertz CT molecular complexity index is 508. The van der Waals surface area contributed by atoms with E-state index in [0.717, 1.165) is 11.1 Å². The molecule has 2 aromatic carbocycles. The second-order valence-electron chi connectivity index (χ2n) is 3.70. The van der Waals surface area contributed by atoms with Crippen molar-refractivity contribution in [3.05, 3.63) is 48.3 Å². The molecule has 0 radical (unpaired) electrons. The molecule has 0 bridgehead atoms. The van der Waals surface area contributed by atoms with Gasteiger partial charge in [-0.05, 0) is 36.8 Å². The van der Waals surface area contributed by atoms with E-state index in [2.05, 4.69) is 0 Å². The summed E-state index contributed by atoms with van der Waals surface area (Å²) in [4.78, 5) is 0. The van der Waals surface area contributed by atoms with E-state index in [1.54, 1.807) is 6.07 Å². The molecule has 0 heterocycles. The maximum atomic E-state index is 13.2. The van der Waals surface area contributed by atoms with Crippen molar-refractivity contribution in [1.82, 2.24) is 0 Å². The Hall–Kier alpha value is -2.03. The summed E-state index contributed by atoms with van der Waals surface area (Å²) < 4.78 is 18.6. The standard InChI is InChI=1S/C14H14FNO/c1-2-17-14-9-11(15)5-8-13(14)10-3-6-12(16)7-4-10/h3-9H,2,16H2,1H3. The lowest BCUT2D eigenvalue weighted by atomic mass is 10.0. The Kier molecular flexibility index (Phi) is 3.28. The molecule has 0 spiro atoms. The van der Waals surface area contributed by atoms with Gasteiger partial charge in [-0.25, -0.2) is 4.39 Å². The van der Waals surface area contributed by atoms with Crippen LogP contribution in [0.15, 0.2) is 42.5 Å². The van der Waals surface area contributed by atoms with Crippen LogP contribution in [0.5, 0.6) is 5.75 Å². The van der Waals surface area contributed by atoms with E-state index in [1.807, 2.05) is 31.2 Å². The summed E-state index contributed by atoms with van der Waals surface area (Å²) in [7, 11) is 0. The summed E-state index contributed by atoms with van der Waals surface area (Å²) in [6, 6.07) is 12.0. The average Bonchev–Trinajstić information content (AvgIpc) is 2.31. The van der Waals surface area contributed by atoms with Crippen LogP contribution in [0.2, 0.25) is 0 Å². The fourth-order valence-electron chi connectivity index (χ4n) is 1.67. The van der Waals surface area contributed by atoms with Crippen LogP contribution in [0.3, 0.4) is 0 Å². The molecule has 0 saturated carbocycles. The van der Waals surface area contributed by atoms with E-state index in [0.29, 0.717) is 18.0 Å². The van der Waals surface area contributed by atoms with Crippen LogP contribution in [0.4, 0.5) is 10.1 Å². The van der Waals surface area contributed by atoms with Gasteiger partial charge in [0.1, 0.15) is 11.6 Å². The minimum atomic E-state index is -0.298. The van der Waals surface area contributed by atoms with Crippen LogP contribution in [0.25, 0.3) is 11.1 Å². The van der Waals surface area contributed by atoms with Gasteiger partial charge < -0.3 is 10.5 Å². The van der Waals surface area contributed by atoms with Gasteiger partial charge in [-0.3, -0.25) is 0 Å². The summed E-state index contributed by atoms with van der Waals surface area (Å²) in [6.45, 7) is 2.38. The smallest absolute Gasteiger partial charge is 0.130 e. The van der Waals surface area contributed by atoms with Crippen molar-refractivity contribution in [2.75, 3.05) is 12.3 Å². The minimum absolute atomic E-state index is 0.298. The van der Waals surface area contributed by atoms with Gasteiger partial charge in [-0.15, -0.1) is 0 Å². The normalized spacial score (nSPS) is 10.2. The Morgan fingerprint density at radius 2 is 1.82 bits per heavy atom. The summed E-state index contributed by atoms with van der Waals surface area (Å²) in [5, 5.41) is 0. The van der Waals surface area contributed by atoms with E-state index >= 15 is 0 Å². The van der Waals surface area contributed by atoms with Crippen LogP contribution in [-0.4, -0.2) is 6.61 Å². The molecule has 3 heteroatoms. The number of nitrogen functional groups attached to an aromatic ring is 1. The zero-order chi connectivity index (χ0) is 12.3. The van der Waals surface area contributed by atoms with Gasteiger partial charge in [-0.2, -0.15) is 0 Å². The molecule has 0 saturated heterocycles. The maximum Gasteiger partial charge on any atom is 0.130 e. The molecule has 0 unspecified atom stereocenters. The van der Waals surface area contributed by atoms with Gasteiger partial charge in [0, 0.05) is 17.3 Å². The third-order valence-electron chi connectivity index (χ3n) is 2.47. The van der Waals surface area contributed by atoms with Crippen LogP contribution < -0.4 is 10.5 Å². The molecule has 0 aliphatic carbocycles. The average molecular weight is 231 g/mol. The van der Waals surface area contributed by atoms with Crippen LogP contribution >= 0.6 is 0 Å². The van der Waals surface area contributed by atoms with Crippen molar-refractivity contribution in [1.29, 1.82) is 0 Å². The van der Waals surface area contributed by atoms with Crippen molar-refractivity contribution in [2.45, 2.75) is 6.92 Å². The molecule has 0 fully saturated rings. The Morgan fingerprint density at radius 3 is 2.47 bits per heavy atom. The molecule has 2 nitrogen and oxygen atoms in total. The van der Waals surface area contributed by atoms with Crippen LogP contribution in [0.1, 0.15) is 6.92 Å². The molecule has 0 atom stereocenters. The zero-order valence-corrected chi connectivity index (χ0v) is 9.61. The third kappa shape index (κ3) is 2.56. The highest BCUT2D eigenvalue weighted by molar-refractivity contribution is 5.71. The van der Waals surface area contributed by atoms with Crippen LogP contribution in [0, 0.1) is 5.82 Å². The van der Waals surface area contributed by atoms with Crippen molar-refractivity contribution in [3.63, 3.8) is 0 Å². The lowest BCUT2D eigenvalue weighted by Crippen LogP contribution is -1.95. The highest BCUT2D eigenvalue weighted by Gasteiger charge is 2.07. The number of benzene rings is 2. The van der Waals surface area contributed by atoms with Gasteiger partial charge in [0.25, 0.3) is 0 Å². The van der Waals surface area contributed by atoms with Crippen molar-refractivity contribution < 1.29 is 9.13 Å². The van der Waals surface area contributed by atoms with Crippen LogP contribution in [-0.2, 0) is 0 Å². The second-order valence-corrected chi connectivity index (χ2v) is 3.70. The van der Waals surface area contributed by atoms with Gasteiger partial charge in [0.15, 0.2) is 0 Å². The summed E-state index contributed by atoms with van der Waals surface area (Å²) in [5.74, 6) is 0.255. The minimum Gasteiger partial charge on any atom is -0.493 e. The lowest BCUT2D eigenvalue weighted by molar-refractivity contribution is 0.339. The van der Waals surface area contributed by atoms with Gasteiger partial charge >= 0.3 is 0 Å². The number of hydrogen-bond donors (Lipinski definition) is 1. The number of hydrogen-bond acceptors (Lipinski definition) is 2. The summed E-state index contributed by atoms with van der Waals surface area (Å²) >= 11 is 0. The molecule has 2 aromatic rings. The Balaban J connectivity index is 2.46. The lowest BCUT2D eigenvalue weighted by Gasteiger charge is -2.10. The zero-order valence-electron chi connectivity index (χ0n) is 9.61. The third-order valence-corrected chi connectivity index (χ3v) is 2.47. The number of nitrogens with two attached hydrogens (primary N) is 1. The van der Waals surface area contributed by atoms with Gasteiger partial charge in [0.05, 0.1) is 6.61 Å². The quantitative estimate of drug-likeness (QED) is 0.821. The predicted octanol–water partition coefficient (Wildman–Crippen LogP) is 3.47. The van der Waals surface area contributed by atoms with Gasteiger partial charge in [0.2, 0.25) is 0 Å². The monoisotopic (exact) mass is 231 g/mol. The summed E-state index contributed by atoms with van der Waals surface area (Å²) in [5.41, 5.74) is 8.17. The number of anilines is 1. The van der Waals surface area contributed by atoms with E-state index in [9.17, 15) is 4.39 Å². The second kappa shape index (κ2) is 4.87. The van der Waals surface area contributed by atoms with E-state index in [1.165, 1.54) is 12.1 Å². The van der Waals surface area contributed by atoms with E-state index in [-0.39, 0.29) is 5.82 Å². The molecule has 0 aliphatic rings. The van der Waals surface area contributed by atoms with E-state index < -0.39 is 0 Å². The first kappa shape index (κ1) is 11.5. The fourth-order valence-corrected chi connectivity index (χ4v) is 1.67. The molecule has 17 heavy (non-hydrogen) atoms. The predicted molar refractivity (Wildman–Crippen MR) is 67.4 cm³/mol. The molecule has 2 rings (SSSR count). The van der Waals surface area contributed by atoms with E-state index in [4.69, 9.17) is 10.5 Å². The number of ether oxygens (including phenoxy) is 1. The van der Waals surface area contributed by atoms with Crippen molar-refractivity contribution in [2.24, 2.45) is 0 Å². The molecule has 0 aromatic heterocycles. The fraction of sp³-hybridized carbons (Fsp3) is 0.143. The largest absolute Gasteiger partial charge is 0.493 e. The van der Waals surface area contributed by atoms with Crippen molar-refractivity contribution >= 4 is 5.69 Å². The first-order chi connectivity index (χ1) is 8.20. The first-order valence-electron chi connectivity index (χ1n) is 5.49. The summed E-state index contributed by atoms with van der Waals surface area (Å²) in [6.07, 6.45) is 0. The number of halogens is 1. The number of rotatable bonds is 3. The van der Waals surface area contributed by atoms with Crippen molar-refractivity contribution in [3.8, 4) is 16.9 Å². The Labute approximate surface area is 99.8 Å². The Morgan fingerprint density at radius 1 is 1.12 bits per heavy atom. The molecule has 0 aliphatic heterocycles. The topological polar surface area (TPSA) is 35.2 Å². The molecular formula is C14H14FNO. The molecule has 2 N–H and O–H groups in total. The highest BCUT2D eigenvalue weighted by atomic mass is 19.1. The first-order valence-corrected chi connectivity index (χ1v) is 5.49. The molecule has 88 valence electrons. The highest BCUT2D eigenvalue weighted by Crippen LogP contribution is 2.31. The SMILES string of the molecule is CCOc1cc(F)ccc1-c1ccc(N)cc1.